The van der Waals surface area contributed by atoms with Crippen LogP contribution < -0.4 is 0 Å². The van der Waals surface area contributed by atoms with E-state index in [1.807, 2.05) is 30.3 Å². The minimum absolute atomic E-state index is 0.0704. The number of rotatable bonds is 4. The van der Waals surface area contributed by atoms with Gasteiger partial charge in [0.15, 0.2) is 6.29 Å². The molecule has 1 aromatic rings. The summed E-state index contributed by atoms with van der Waals surface area (Å²) in [7, 11) is 0. The molecular weight excluding hydrogens is 216 g/mol. The second-order valence-electron chi connectivity index (χ2n) is 4.87. The van der Waals surface area contributed by atoms with E-state index in [0.717, 1.165) is 31.1 Å². The van der Waals surface area contributed by atoms with Gasteiger partial charge in [-0.25, -0.2) is 0 Å². The van der Waals surface area contributed by atoms with Crippen molar-refractivity contribution in [1.82, 2.24) is 0 Å². The zero-order valence-electron chi connectivity index (χ0n) is 9.67. The molecule has 2 aliphatic rings. The fraction of sp³-hybridized carbons (Fsp3) is 0.500. The van der Waals surface area contributed by atoms with Crippen LogP contribution in [-0.2, 0) is 20.9 Å². The molecule has 2 heterocycles. The topological polar surface area (TPSA) is 35.5 Å². The Bertz CT molecular complexity index is 403. The van der Waals surface area contributed by atoms with E-state index in [4.69, 9.17) is 9.47 Å². The average molecular weight is 232 g/mol. The predicted octanol–water partition coefficient (Wildman–Crippen LogP) is 2.09. The van der Waals surface area contributed by atoms with Crippen LogP contribution in [0.2, 0.25) is 0 Å². The molecule has 17 heavy (non-hydrogen) atoms. The third-order valence-corrected chi connectivity index (χ3v) is 3.76. The van der Waals surface area contributed by atoms with Crippen LogP contribution in [0.5, 0.6) is 0 Å². The summed E-state index contributed by atoms with van der Waals surface area (Å²) in [5.41, 5.74) is 0.482. The highest BCUT2D eigenvalue weighted by molar-refractivity contribution is 5.65. The molecule has 3 nitrogen and oxygen atoms in total. The Hall–Kier alpha value is -1.19. The van der Waals surface area contributed by atoms with E-state index in [2.05, 4.69) is 0 Å². The third-order valence-electron chi connectivity index (χ3n) is 3.76. The van der Waals surface area contributed by atoms with Crippen molar-refractivity contribution >= 4 is 6.29 Å². The number of aldehydes is 1. The molecule has 2 fully saturated rings. The van der Waals surface area contributed by atoms with Gasteiger partial charge >= 0.3 is 0 Å². The highest BCUT2D eigenvalue weighted by Gasteiger charge is 2.54. The van der Waals surface area contributed by atoms with E-state index in [1.165, 1.54) is 0 Å². The fourth-order valence-electron chi connectivity index (χ4n) is 2.80. The molecule has 0 radical (unpaired) electrons. The molecule has 3 rings (SSSR count). The Kier molecular flexibility index (Phi) is 2.73. The van der Waals surface area contributed by atoms with Gasteiger partial charge in [0.05, 0.1) is 18.8 Å². The molecule has 0 aliphatic carbocycles. The van der Waals surface area contributed by atoms with Crippen molar-refractivity contribution in [3.8, 4) is 0 Å². The van der Waals surface area contributed by atoms with Crippen LogP contribution in [0.25, 0.3) is 0 Å². The molecule has 2 saturated heterocycles. The lowest BCUT2D eigenvalue weighted by Crippen LogP contribution is -2.41. The van der Waals surface area contributed by atoms with Gasteiger partial charge in [-0.1, -0.05) is 30.3 Å². The van der Waals surface area contributed by atoms with Gasteiger partial charge in [-0.3, -0.25) is 0 Å². The first kappa shape index (κ1) is 10.9. The maximum Gasteiger partial charge on any atom is 0.154 e. The minimum atomic E-state index is -0.653. The Labute approximate surface area is 101 Å². The van der Waals surface area contributed by atoms with Crippen molar-refractivity contribution in [2.24, 2.45) is 0 Å². The van der Waals surface area contributed by atoms with Crippen molar-refractivity contribution < 1.29 is 14.3 Å². The van der Waals surface area contributed by atoms with Gasteiger partial charge in [0, 0.05) is 6.42 Å². The Balaban J connectivity index is 1.65. The van der Waals surface area contributed by atoms with Gasteiger partial charge in [0.2, 0.25) is 0 Å². The lowest BCUT2D eigenvalue weighted by atomic mass is 9.87. The van der Waals surface area contributed by atoms with Gasteiger partial charge in [-0.15, -0.1) is 0 Å². The average Bonchev–Trinajstić information content (AvgIpc) is 2.96. The molecule has 3 unspecified atom stereocenters. The molecule has 2 aliphatic heterocycles. The van der Waals surface area contributed by atoms with Gasteiger partial charge < -0.3 is 14.3 Å². The normalized spacial score (nSPS) is 35.1. The SMILES string of the molecule is O=CC12CCC(CC1OCc1ccccc1)O2. The van der Waals surface area contributed by atoms with Crippen molar-refractivity contribution in [2.45, 2.75) is 43.7 Å². The van der Waals surface area contributed by atoms with Crippen LogP contribution in [0.4, 0.5) is 0 Å². The number of ether oxygens (including phenoxy) is 2. The van der Waals surface area contributed by atoms with Gasteiger partial charge in [-0.05, 0) is 18.4 Å². The quantitative estimate of drug-likeness (QED) is 0.746. The van der Waals surface area contributed by atoms with Gasteiger partial charge in [-0.2, -0.15) is 0 Å². The summed E-state index contributed by atoms with van der Waals surface area (Å²) in [6.45, 7) is 0.553. The minimum Gasteiger partial charge on any atom is -0.370 e. The number of carbonyl (C=O) groups excluding carboxylic acids is 1. The summed E-state index contributed by atoms with van der Waals surface area (Å²) in [6, 6.07) is 10.0. The molecule has 3 heteroatoms. The van der Waals surface area contributed by atoms with Gasteiger partial charge in [0.1, 0.15) is 5.60 Å². The Morgan fingerprint density at radius 1 is 1.41 bits per heavy atom. The van der Waals surface area contributed by atoms with E-state index in [1.54, 1.807) is 0 Å². The fourth-order valence-corrected chi connectivity index (χ4v) is 2.80. The highest BCUT2D eigenvalue weighted by atomic mass is 16.6. The first-order chi connectivity index (χ1) is 8.32. The lowest BCUT2D eigenvalue weighted by Gasteiger charge is -2.27. The summed E-state index contributed by atoms with van der Waals surface area (Å²) in [5.74, 6) is 0. The van der Waals surface area contributed by atoms with Crippen LogP contribution in [0.1, 0.15) is 24.8 Å². The summed E-state index contributed by atoms with van der Waals surface area (Å²) >= 11 is 0. The number of hydrogen-bond acceptors (Lipinski definition) is 3. The molecule has 2 bridgehead atoms. The molecule has 0 aromatic heterocycles. The first-order valence-corrected chi connectivity index (χ1v) is 6.12. The lowest BCUT2D eigenvalue weighted by molar-refractivity contribution is -0.136. The molecule has 90 valence electrons. The summed E-state index contributed by atoms with van der Waals surface area (Å²) < 4.78 is 11.6. The Morgan fingerprint density at radius 2 is 2.24 bits per heavy atom. The molecule has 0 N–H and O–H groups in total. The maximum atomic E-state index is 11.2. The molecule has 1 aromatic carbocycles. The number of carbonyl (C=O) groups is 1. The van der Waals surface area contributed by atoms with E-state index >= 15 is 0 Å². The van der Waals surface area contributed by atoms with Crippen molar-refractivity contribution in [3.05, 3.63) is 35.9 Å². The summed E-state index contributed by atoms with van der Waals surface area (Å²) in [6.07, 6.45) is 3.74. The largest absolute Gasteiger partial charge is 0.370 e. The second-order valence-corrected chi connectivity index (χ2v) is 4.87. The van der Waals surface area contributed by atoms with Crippen LogP contribution in [-0.4, -0.2) is 24.1 Å². The number of hydrogen-bond donors (Lipinski definition) is 0. The summed E-state index contributed by atoms with van der Waals surface area (Å²) in [4.78, 5) is 11.2. The van der Waals surface area contributed by atoms with E-state index in [0.29, 0.717) is 6.61 Å². The number of fused-ring (bicyclic) bond motifs is 2. The molecule has 0 saturated carbocycles. The summed E-state index contributed by atoms with van der Waals surface area (Å²) in [5, 5.41) is 0. The third kappa shape index (κ3) is 1.90. The molecule has 0 spiro atoms. The molecule has 3 atom stereocenters. The van der Waals surface area contributed by atoms with E-state index in [9.17, 15) is 4.79 Å². The predicted molar refractivity (Wildman–Crippen MR) is 62.5 cm³/mol. The second kappa shape index (κ2) is 4.24. The molecular formula is C14H16O3. The highest BCUT2D eigenvalue weighted by Crippen LogP contribution is 2.44. The van der Waals surface area contributed by atoms with Crippen molar-refractivity contribution in [3.63, 3.8) is 0 Å². The van der Waals surface area contributed by atoms with E-state index < -0.39 is 5.60 Å². The Morgan fingerprint density at radius 3 is 2.94 bits per heavy atom. The van der Waals surface area contributed by atoms with E-state index in [-0.39, 0.29) is 12.2 Å². The van der Waals surface area contributed by atoms with Crippen molar-refractivity contribution in [1.29, 1.82) is 0 Å². The smallest absolute Gasteiger partial charge is 0.154 e. The monoisotopic (exact) mass is 232 g/mol. The zero-order valence-corrected chi connectivity index (χ0v) is 9.67. The van der Waals surface area contributed by atoms with Crippen LogP contribution in [0.3, 0.4) is 0 Å². The zero-order chi connectivity index (χ0) is 11.7. The number of benzene rings is 1. The standard InChI is InChI=1S/C14H16O3/c15-10-14-7-6-12(17-14)8-13(14)16-9-11-4-2-1-3-5-11/h1-5,10,12-13H,6-9H2. The van der Waals surface area contributed by atoms with Crippen LogP contribution in [0, 0.1) is 0 Å². The van der Waals surface area contributed by atoms with Crippen LogP contribution >= 0.6 is 0 Å². The van der Waals surface area contributed by atoms with Crippen LogP contribution in [0.15, 0.2) is 30.3 Å². The molecule has 0 amide bonds. The first-order valence-electron chi connectivity index (χ1n) is 6.12. The van der Waals surface area contributed by atoms with Crippen molar-refractivity contribution in [2.75, 3.05) is 0 Å². The maximum absolute atomic E-state index is 11.2. The van der Waals surface area contributed by atoms with Gasteiger partial charge in [0.25, 0.3) is 0 Å².